The molecule has 2 rings (SSSR count). The summed E-state index contributed by atoms with van der Waals surface area (Å²) in [5, 5.41) is 10.4. The van der Waals surface area contributed by atoms with E-state index in [1.165, 1.54) is 10.9 Å². The summed E-state index contributed by atoms with van der Waals surface area (Å²) in [6, 6.07) is 0. The molecule has 94 valence electrons. The van der Waals surface area contributed by atoms with Crippen molar-refractivity contribution in [3.05, 3.63) is 42.9 Å². The first-order chi connectivity index (χ1) is 8.49. The Morgan fingerprint density at radius 2 is 2.33 bits per heavy atom. The second kappa shape index (κ2) is 4.99. The third-order valence-corrected chi connectivity index (χ3v) is 4.02. The van der Waals surface area contributed by atoms with Crippen molar-refractivity contribution < 1.29 is 9.90 Å². The predicted octanol–water partition coefficient (Wildman–Crippen LogP) is 1.52. The lowest BCUT2D eigenvalue weighted by molar-refractivity contribution is 0.0696. The van der Waals surface area contributed by atoms with Gasteiger partial charge in [0.15, 0.2) is 0 Å². The van der Waals surface area contributed by atoms with E-state index in [9.17, 15) is 9.59 Å². The minimum atomic E-state index is -1.07. The Kier molecular flexibility index (Phi) is 3.58. The van der Waals surface area contributed by atoms with Gasteiger partial charge in [-0.25, -0.2) is 14.8 Å². The molecule has 1 N–H and O–H groups in total. The van der Waals surface area contributed by atoms with Crippen LogP contribution in [0.15, 0.2) is 21.0 Å². The molecule has 0 fully saturated rings. The number of aromatic carboxylic acids is 1. The number of nitrogens with zero attached hydrogens (tertiary/aromatic N) is 3. The molecule has 2 heterocycles. The number of rotatable bonds is 3. The Hall–Kier alpha value is -1.54. The molecule has 8 heteroatoms. The van der Waals surface area contributed by atoms with Crippen LogP contribution in [-0.4, -0.2) is 25.6 Å². The van der Waals surface area contributed by atoms with E-state index in [0.29, 0.717) is 15.9 Å². The van der Waals surface area contributed by atoms with Gasteiger partial charge >= 0.3 is 5.97 Å². The van der Waals surface area contributed by atoms with Crippen molar-refractivity contribution in [1.82, 2.24) is 14.5 Å². The normalized spacial score (nSPS) is 10.6. The largest absolute Gasteiger partial charge is 0.476 e. The van der Waals surface area contributed by atoms with E-state index in [1.807, 2.05) is 0 Å². The molecule has 0 atom stereocenters. The highest BCUT2D eigenvalue weighted by atomic mass is 79.9. The summed E-state index contributed by atoms with van der Waals surface area (Å²) in [6.07, 6.45) is 1.42. The molecule has 2 aromatic heterocycles. The maximum atomic E-state index is 11.9. The standard InChI is InChI=1S/C10H8BrN3O3S/c1-5-7(11)9(15)14(4-12-5)2-6-3-18-8(13-6)10(16)17/h3-4H,2H2,1H3,(H,16,17). The molecule has 2 aromatic rings. The van der Waals surface area contributed by atoms with E-state index in [2.05, 4.69) is 25.9 Å². The number of carbonyl (C=O) groups is 1. The van der Waals surface area contributed by atoms with Crippen LogP contribution in [0.1, 0.15) is 21.2 Å². The Balaban J connectivity index is 2.31. The maximum absolute atomic E-state index is 11.9. The Morgan fingerprint density at radius 1 is 1.61 bits per heavy atom. The van der Waals surface area contributed by atoms with Gasteiger partial charge in [0, 0.05) is 5.38 Å². The Morgan fingerprint density at radius 3 is 2.94 bits per heavy atom. The van der Waals surface area contributed by atoms with Crippen LogP contribution in [0.4, 0.5) is 0 Å². The van der Waals surface area contributed by atoms with Crippen LogP contribution in [0, 0.1) is 6.92 Å². The van der Waals surface area contributed by atoms with Crippen LogP contribution in [-0.2, 0) is 6.54 Å². The van der Waals surface area contributed by atoms with E-state index in [4.69, 9.17) is 5.11 Å². The molecule has 6 nitrogen and oxygen atoms in total. The third-order valence-electron chi connectivity index (χ3n) is 2.22. The van der Waals surface area contributed by atoms with Crippen LogP contribution >= 0.6 is 27.3 Å². The van der Waals surface area contributed by atoms with Crippen molar-refractivity contribution in [2.24, 2.45) is 0 Å². The predicted molar refractivity (Wildman–Crippen MR) is 69.1 cm³/mol. The Bertz CT molecular complexity index is 665. The zero-order valence-electron chi connectivity index (χ0n) is 9.25. The number of halogens is 1. The average Bonchev–Trinajstić information content (AvgIpc) is 2.79. The fourth-order valence-electron chi connectivity index (χ4n) is 1.31. The number of thiazole rings is 1. The van der Waals surface area contributed by atoms with Gasteiger partial charge in [-0.3, -0.25) is 9.36 Å². The molecule has 0 amide bonds. The second-order valence-corrected chi connectivity index (χ2v) is 5.18. The zero-order valence-corrected chi connectivity index (χ0v) is 11.7. The van der Waals surface area contributed by atoms with Crippen LogP contribution in [0.5, 0.6) is 0 Å². The van der Waals surface area contributed by atoms with Gasteiger partial charge in [0.25, 0.3) is 5.56 Å². The van der Waals surface area contributed by atoms with Gasteiger partial charge in [-0.15, -0.1) is 11.3 Å². The van der Waals surface area contributed by atoms with E-state index in [0.717, 1.165) is 11.3 Å². The molecular formula is C10H8BrN3O3S. The van der Waals surface area contributed by atoms with Crippen molar-refractivity contribution in [2.45, 2.75) is 13.5 Å². The highest BCUT2D eigenvalue weighted by molar-refractivity contribution is 9.10. The number of hydrogen-bond acceptors (Lipinski definition) is 5. The van der Waals surface area contributed by atoms with Crippen molar-refractivity contribution in [3.8, 4) is 0 Å². The van der Waals surface area contributed by atoms with Crippen LogP contribution in [0.25, 0.3) is 0 Å². The average molecular weight is 330 g/mol. The third kappa shape index (κ3) is 2.49. The molecule has 0 aliphatic rings. The number of carboxylic acid groups (broad SMARTS) is 1. The summed E-state index contributed by atoms with van der Waals surface area (Å²) in [4.78, 5) is 30.5. The summed E-state index contributed by atoms with van der Waals surface area (Å²) in [5.41, 5.74) is 0.921. The van der Waals surface area contributed by atoms with Gasteiger partial charge in [-0.2, -0.15) is 0 Å². The SMILES string of the molecule is Cc1ncn(Cc2csc(C(=O)O)n2)c(=O)c1Br. The van der Waals surface area contributed by atoms with Gasteiger partial charge in [0.05, 0.1) is 24.3 Å². The van der Waals surface area contributed by atoms with Crippen LogP contribution < -0.4 is 5.56 Å². The molecule has 0 radical (unpaired) electrons. The van der Waals surface area contributed by atoms with Gasteiger partial charge in [0.1, 0.15) is 4.47 Å². The fourth-order valence-corrected chi connectivity index (χ4v) is 2.29. The quantitative estimate of drug-likeness (QED) is 0.922. The zero-order chi connectivity index (χ0) is 13.3. The molecule has 0 unspecified atom stereocenters. The van der Waals surface area contributed by atoms with E-state index in [1.54, 1.807) is 12.3 Å². The highest BCUT2D eigenvalue weighted by Gasteiger charge is 2.11. The molecule has 0 saturated heterocycles. The van der Waals surface area contributed by atoms with Crippen molar-refractivity contribution in [1.29, 1.82) is 0 Å². The minimum absolute atomic E-state index is 0.0113. The molecular weight excluding hydrogens is 322 g/mol. The number of carboxylic acids is 1. The van der Waals surface area contributed by atoms with Gasteiger partial charge < -0.3 is 5.11 Å². The molecule has 0 bridgehead atoms. The van der Waals surface area contributed by atoms with Crippen molar-refractivity contribution >= 4 is 33.2 Å². The molecule has 18 heavy (non-hydrogen) atoms. The summed E-state index contributed by atoms with van der Waals surface area (Å²) < 4.78 is 1.77. The van der Waals surface area contributed by atoms with E-state index < -0.39 is 5.97 Å². The number of hydrogen-bond donors (Lipinski definition) is 1. The van der Waals surface area contributed by atoms with Crippen molar-refractivity contribution in [3.63, 3.8) is 0 Å². The summed E-state index contributed by atoms with van der Waals surface area (Å²) in [6.45, 7) is 1.93. The minimum Gasteiger partial charge on any atom is -0.476 e. The van der Waals surface area contributed by atoms with Crippen molar-refractivity contribution in [2.75, 3.05) is 0 Å². The summed E-state index contributed by atoms with van der Waals surface area (Å²) in [5.74, 6) is -1.07. The van der Waals surface area contributed by atoms with Gasteiger partial charge in [0.2, 0.25) is 5.01 Å². The van der Waals surface area contributed by atoms with E-state index in [-0.39, 0.29) is 17.1 Å². The van der Waals surface area contributed by atoms with Crippen LogP contribution in [0.2, 0.25) is 0 Å². The van der Waals surface area contributed by atoms with Crippen LogP contribution in [0.3, 0.4) is 0 Å². The van der Waals surface area contributed by atoms with Gasteiger partial charge in [-0.1, -0.05) is 0 Å². The number of aromatic nitrogens is 3. The number of aryl methyl sites for hydroxylation is 1. The molecule has 0 aromatic carbocycles. The second-order valence-electron chi connectivity index (χ2n) is 3.53. The smallest absolute Gasteiger partial charge is 0.365 e. The lowest BCUT2D eigenvalue weighted by Gasteiger charge is -2.04. The first-order valence-electron chi connectivity index (χ1n) is 4.88. The first kappa shape index (κ1) is 12.9. The summed E-state index contributed by atoms with van der Waals surface area (Å²) >= 11 is 4.20. The van der Waals surface area contributed by atoms with E-state index >= 15 is 0 Å². The topological polar surface area (TPSA) is 85.1 Å². The maximum Gasteiger partial charge on any atom is 0.365 e. The highest BCUT2D eigenvalue weighted by Crippen LogP contribution is 2.11. The summed E-state index contributed by atoms with van der Waals surface area (Å²) in [7, 11) is 0. The lowest BCUT2D eigenvalue weighted by Crippen LogP contribution is -2.22. The molecule has 0 aliphatic heterocycles. The first-order valence-corrected chi connectivity index (χ1v) is 6.55. The molecule has 0 aliphatic carbocycles. The fraction of sp³-hybridized carbons (Fsp3) is 0.200. The molecule has 0 saturated carbocycles. The monoisotopic (exact) mass is 329 g/mol. The lowest BCUT2D eigenvalue weighted by atomic mass is 10.4. The Labute approximate surface area is 114 Å². The molecule has 0 spiro atoms. The van der Waals surface area contributed by atoms with Gasteiger partial charge in [-0.05, 0) is 22.9 Å².